The Labute approximate surface area is 218 Å². The van der Waals surface area contributed by atoms with Crippen molar-refractivity contribution in [3.8, 4) is 0 Å². The molecule has 0 aromatic heterocycles. The minimum absolute atomic E-state index is 0.0252. The maximum atomic E-state index is 11.8. The van der Waals surface area contributed by atoms with Crippen LogP contribution in [-0.2, 0) is 0 Å². The maximum Gasteiger partial charge on any atom is 0.0849 e. The van der Waals surface area contributed by atoms with Crippen molar-refractivity contribution in [3.63, 3.8) is 0 Å². The van der Waals surface area contributed by atoms with Crippen LogP contribution in [0, 0.1) is 45.3 Å². The van der Waals surface area contributed by atoms with Gasteiger partial charge < -0.3 is 30.6 Å². The van der Waals surface area contributed by atoms with Crippen molar-refractivity contribution in [2.24, 2.45) is 45.3 Å². The summed E-state index contributed by atoms with van der Waals surface area (Å²) in [6.07, 6.45) is 2.79. The first-order chi connectivity index (χ1) is 16.2. The van der Waals surface area contributed by atoms with E-state index in [0.29, 0.717) is 25.7 Å². The Kier molecular flexibility index (Phi) is 6.89. The third-order valence-electron chi connectivity index (χ3n) is 12.8. The van der Waals surface area contributed by atoms with Crippen LogP contribution in [0.25, 0.3) is 0 Å². The van der Waals surface area contributed by atoms with E-state index in [1.54, 1.807) is 13.8 Å². The summed E-state index contributed by atoms with van der Waals surface area (Å²) in [4.78, 5) is 0. The van der Waals surface area contributed by atoms with Gasteiger partial charge in [-0.2, -0.15) is 0 Å². The third-order valence-corrected chi connectivity index (χ3v) is 12.8. The van der Waals surface area contributed by atoms with Crippen LogP contribution in [0.5, 0.6) is 0 Å². The van der Waals surface area contributed by atoms with Gasteiger partial charge in [0.15, 0.2) is 0 Å². The van der Waals surface area contributed by atoms with E-state index in [1.165, 1.54) is 0 Å². The monoisotopic (exact) mass is 510 g/mol. The largest absolute Gasteiger partial charge is 0.393 e. The average Bonchev–Trinajstić information content (AvgIpc) is 3.11. The van der Waals surface area contributed by atoms with Gasteiger partial charge in [-0.25, -0.2) is 0 Å². The lowest BCUT2D eigenvalue weighted by Gasteiger charge is -2.71. The molecule has 0 spiro atoms. The zero-order valence-electron chi connectivity index (χ0n) is 24.0. The third kappa shape index (κ3) is 3.95. The number of fused-ring (bicyclic) bond motifs is 5. The van der Waals surface area contributed by atoms with Gasteiger partial charge in [0.1, 0.15) is 0 Å². The quantitative estimate of drug-likeness (QED) is 0.336. The highest BCUT2D eigenvalue weighted by Crippen LogP contribution is 2.75. The Morgan fingerprint density at radius 1 is 0.861 bits per heavy atom. The van der Waals surface area contributed by atoms with E-state index in [2.05, 4.69) is 34.6 Å². The Hall–Kier alpha value is -0.240. The zero-order chi connectivity index (χ0) is 27.3. The molecule has 0 heterocycles. The van der Waals surface area contributed by atoms with Crippen molar-refractivity contribution in [2.45, 2.75) is 142 Å². The van der Waals surface area contributed by atoms with Gasteiger partial charge in [-0.1, -0.05) is 34.6 Å². The number of rotatable bonds is 5. The van der Waals surface area contributed by atoms with Gasteiger partial charge in [0.2, 0.25) is 0 Å². The molecule has 6 heteroatoms. The normalized spacial score (nSPS) is 51.0. The van der Waals surface area contributed by atoms with Crippen LogP contribution in [0.3, 0.4) is 0 Å². The first-order valence-corrected chi connectivity index (χ1v) is 14.4. The molecule has 0 aromatic carbocycles. The molecule has 6 nitrogen and oxygen atoms in total. The summed E-state index contributed by atoms with van der Waals surface area (Å²) in [6, 6.07) is 0. The molecular weight excluding hydrogens is 456 g/mol. The first kappa shape index (κ1) is 28.8. The lowest BCUT2D eigenvalue weighted by atomic mass is 9.34. The second-order valence-corrected chi connectivity index (χ2v) is 15.6. The molecule has 4 fully saturated rings. The second-order valence-electron chi connectivity index (χ2n) is 15.6. The minimum Gasteiger partial charge on any atom is -0.393 e. The lowest BCUT2D eigenvalue weighted by Crippen LogP contribution is -2.69. The highest BCUT2D eigenvalue weighted by atomic mass is 16.3. The second kappa shape index (κ2) is 8.63. The summed E-state index contributed by atoms with van der Waals surface area (Å²) in [5.41, 5.74) is -3.31. The summed E-state index contributed by atoms with van der Waals surface area (Å²) in [7, 11) is 0. The first-order valence-electron chi connectivity index (χ1n) is 14.4. The predicted molar refractivity (Wildman–Crippen MR) is 140 cm³/mol. The summed E-state index contributed by atoms with van der Waals surface area (Å²) < 4.78 is 0. The van der Waals surface area contributed by atoms with Gasteiger partial charge in [0.05, 0.1) is 35.6 Å². The SMILES string of the molecule is CC(C)(O)C(O)CC[C@](C)(O)[C@H]1CC[C@]2(C)C1[C@H](O)C[C@@H]1[C@@]3(C)CC[C@H](O)C(C)(C)C3[C@@H](O)C[C@]12C. The van der Waals surface area contributed by atoms with Crippen molar-refractivity contribution < 1.29 is 30.6 Å². The van der Waals surface area contributed by atoms with Gasteiger partial charge in [0, 0.05) is 0 Å². The van der Waals surface area contributed by atoms with E-state index in [9.17, 15) is 30.6 Å². The molecule has 0 aliphatic heterocycles. The summed E-state index contributed by atoms with van der Waals surface area (Å²) >= 11 is 0. The van der Waals surface area contributed by atoms with Crippen molar-refractivity contribution in [1.29, 1.82) is 0 Å². The number of aliphatic hydroxyl groups is 6. The molecule has 12 atom stereocenters. The molecule has 0 radical (unpaired) electrons. The van der Waals surface area contributed by atoms with Gasteiger partial charge in [-0.15, -0.1) is 0 Å². The molecule has 36 heavy (non-hydrogen) atoms. The molecule has 6 N–H and O–H groups in total. The Balaban J connectivity index is 1.66. The zero-order valence-corrected chi connectivity index (χ0v) is 24.0. The van der Waals surface area contributed by atoms with Gasteiger partial charge in [-0.05, 0) is 117 Å². The van der Waals surface area contributed by atoms with Crippen molar-refractivity contribution >= 4 is 0 Å². The van der Waals surface area contributed by atoms with Crippen molar-refractivity contribution in [2.75, 3.05) is 0 Å². The molecule has 4 aliphatic rings. The van der Waals surface area contributed by atoms with E-state index in [-0.39, 0.29) is 45.3 Å². The minimum atomic E-state index is -1.23. The maximum absolute atomic E-state index is 11.8. The molecule has 3 unspecified atom stereocenters. The van der Waals surface area contributed by atoms with E-state index in [0.717, 1.165) is 25.7 Å². The van der Waals surface area contributed by atoms with Crippen LogP contribution < -0.4 is 0 Å². The number of aliphatic hydroxyl groups excluding tert-OH is 4. The Bertz CT molecular complexity index is 834. The predicted octanol–water partition coefficient (Wildman–Crippen LogP) is 3.64. The van der Waals surface area contributed by atoms with Crippen LogP contribution in [0.4, 0.5) is 0 Å². The van der Waals surface area contributed by atoms with Gasteiger partial charge >= 0.3 is 0 Å². The molecule has 0 aromatic rings. The van der Waals surface area contributed by atoms with Gasteiger partial charge in [-0.3, -0.25) is 0 Å². The van der Waals surface area contributed by atoms with Crippen LogP contribution in [0.2, 0.25) is 0 Å². The van der Waals surface area contributed by atoms with Crippen LogP contribution in [0.1, 0.15) is 107 Å². The molecule has 210 valence electrons. The fourth-order valence-corrected chi connectivity index (χ4v) is 10.6. The van der Waals surface area contributed by atoms with Crippen molar-refractivity contribution in [1.82, 2.24) is 0 Å². The molecule has 0 amide bonds. The topological polar surface area (TPSA) is 121 Å². The average molecular weight is 511 g/mol. The number of hydrogen-bond donors (Lipinski definition) is 6. The smallest absolute Gasteiger partial charge is 0.0849 e. The highest BCUT2D eigenvalue weighted by Gasteiger charge is 2.72. The van der Waals surface area contributed by atoms with E-state index in [1.807, 2.05) is 6.92 Å². The number of hydrogen-bond acceptors (Lipinski definition) is 6. The molecule has 0 bridgehead atoms. The van der Waals surface area contributed by atoms with E-state index in [4.69, 9.17) is 0 Å². The highest BCUT2D eigenvalue weighted by molar-refractivity contribution is 5.21. The van der Waals surface area contributed by atoms with Crippen LogP contribution >= 0.6 is 0 Å². The summed E-state index contributed by atoms with van der Waals surface area (Å²) in [5, 5.41) is 66.6. The molecule has 4 rings (SSSR count). The van der Waals surface area contributed by atoms with Crippen LogP contribution in [0.15, 0.2) is 0 Å². The molecule has 0 saturated heterocycles. The summed E-state index contributed by atoms with van der Waals surface area (Å²) in [6.45, 7) is 16.1. The summed E-state index contributed by atoms with van der Waals surface area (Å²) in [5.74, 6) is -0.0101. The van der Waals surface area contributed by atoms with E-state index < -0.39 is 35.6 Å². The fourth-order valence-electron chi connectivity index (χ4n) is 10.6. The Morgan fingerprint density at radius 2 is 1.47 bits per heavy atom. The standard InChI is InChI=1S/C30H54O6/c1-25(2)21(33)10-12-27(5)20-15-18(31)23-17(30(8,36)14-11-22(34)26(3,4)35)9-13-28(23,6)29(20,7)16-19(32)24(25)27/h17-24,31-36H,9-16H2,1-8H3/t17-,18+,19-,20+,21-,22?,23?,24?,27+,28+,29+,30-/m0/s1. The van der Waals surface area contributed by atoms with E-state index >= 15 is 0 Å². The van der Waals surface area contributed by atoms with Crippen molar-refractivity contribution in [3.05, 3.63) is 0 Å². The Morgan fingerprint density at radius 3 is 2.06 bits per heavy atom. The molecule has 4 aliphatic carbocycles. The lowest BCUT2D eigenvalue weighted by molar-refractivity contribution is -0.274. The molecular formula is C30H54O6. The molecule has 4 saturated carbocycles. The fraction of sp³-hybridized carbons (Fsp3) is 1.00. The van der Waals surface area contributed by atoms with Gasteiger partial charge in [0.25, 0.3) is 0 Å². The van der Waals surface area contributed by atoms with Crippen LogP contribution in [-0.4, -0.2) is 66.3 Å².